The van der Waals surface area contributed by atoms with Crippen LogP contribution in [-0.4, -0.2) is 15.6 Å². The summed E-state index contributed by atoms with van der Waals surface area (Å²) in [6, 6.07) is 4.16. The third kappa shape index (κ3) is 2.10. The number of pyridine rings is 1. The molecule has 0 atom stereocenters. The van der Waals surface area contributed by atoms with Crippen molar-refractivity contribution in [3.8, 4) is 0 Å². The van der Waals surface area contributed by atoms with Gasteiger partial charge in [-0.2, -0.15) is 0 Å². The molecule has 0 saturated carbocycles. The summed E-state index contributed by atoms with van der Waals surface area (Å²) >= 11 is 0. The molecule has 0 spiro atoms. The molecule has 0 aliphatic carbocycles. The highest BCUT2D eigenvalue weighted by molar-refractivity contribution is 5.85. The zero-order valence-corrected chi connectivity index (χ0v) is 7.86. The van der Waals surface area contributed by atoms with Crippen molar-refractivity contribution in [1.29, 1.82) is 0 Å². The first-order valence-corrected chi connectivity index (χ1v) is 4.10. The summed E-state index contributed by atoms with van der Waals surface area (Å²) < 4.78 is 1.19. The Hall–Kier alpha value is -1.84. The van der Waals surface area contributed by atoms with Crippen molar-refractivity contribution in [2.45, 2.75) is 13.5 Å². The van der Waals surface area contributed by atoms with Crippen molar-refractivity contribution in [3.63, 3.8) is 0 Å². The van der Waals surface area contributed by atoms with Crippen LogP contribution in [0.15, 0.2) is 35.1 Å². The van der Waals surface area contributed by atoms with Gasteiger partial charge in [0.2, 0.25) is 0 Å². The summed E-state index contributed by atoms with van der Waals surface area (Å²) in [4.78, 5) is 22.1. The van der Waals surface area contributed by atoms with Gasteiger partial charge in [-0.3, -0.25) is 9.36 Å². The lowest BCUT2D eigenvalue weighted by molar-refractivity contribution is 0.0684. The second-order valence-corrected chi connectivity index (χ2v) is 3.10. The van der Waals surface area contributed by atoms with Crippen LogP contribution in [0, 0.1) is 0 Å². The maximum absolute atomic E-state index is 11.3. The average molecular weight is 193 g/mol. The van der Waals surface area contributed by atoms with E-state index in [0.29, 0.717) is 0 Å². The number of hydrogen-bond acceptors (Lipinski definition) is 2. The fourth-order valence-electron chi connectivity index (χ4n) is 1.14. The SMILES string of the molecule is C=C(C)Cn1c(C(=O)O)cccc1=O. The van der Waals surface area contributed by atoms with Crippen molar-refractivity contribution < 1.29 is 9.90 Å². The molecular weight excluding hydrogens is 182 g/mol. The van der Waals surface area contributed by atoms with Gasteiger partial charge in [-0.05, 0) is 13.0 Å². The van der Waals surface area contributed by atoms with E-state index in [9.17, 15) is 9.59 Å². The Kier molecular flexibility index (Phi) is 2.86. The Balaban J connectivity index is 3.29. The molecule has 14 heavy (non-hydrogen) atoms. The van der Waals surface area contributed by atoms with Crippen molar-refractivity contribution in [1.82, 2.24) is 4.57 Å². The Morgan fingerprint density at radius 3 is 2.71 bits per heavy atom. The fourth-order valence-corrected chi connectivity index (χ4v) is 1.14. The highest BCUT2D eigenvalue weighted by Gasteiger charge is 2.09. The summed E-state index contributed by atoms with van der Waals surface area (Å²) in [6.45, 7) is 5.62. The lowest BCUT2D eigenvalue weighted by atomic mass is 10.3. The Morgan fingerprint density at radius 2 is 2.21 bits per heavy atom. The highest BCUT2D eigenvalue weighted by atomic mass is 16.4. The summed E-state index contributed by atoms with van der Waals surface area (Å²) in [5.74, 6) is -1.11. The third-order valence-electron chi connectivity index (χ3n) is 1.70. The van der Waals surface area contributed by atoms with Gasteiger partial charge in [-0.1, -0.05) is 18.2 Å². The molecule has 1 heterocycles. The number of allylic oxidation sites excluding steroid dienone is 1. The molecule has 1 aromatic heterocycles. The molecule has 0 bridgehead atoms. The molecule has 4 heteroatoms. The molecule has 0 amide bonds. The standard InChI is InChI=1S/C10H11NO3/c1-7(2)6-11-8(10(13)14)4-3-5-9(11)12/h3-5H,1,6H2,2H3,(H,13,14). The maximum Gasteiger partial charge on any atom is 0.352 e. The second kappa shape index (κ2) is 3.91. The minimum Gasteiger partial charge on any atom is -0.477 e. The number of aromatic carboxylic acids is 1. The lowest BCUT2D eigenvalue weighted by Crippen LogP contribution is -2.25. The first-order valence-electron chi connectivity index (χ1n) is 4.10. The van der Waals surface area contributed by atoms with Crippen LogP contribution in [0.4, 0.5) is 0 Å². The predicted octanol–water partition coefficient (Wildman–Crippen LogP) is 1.12. The predicted molar refractivity (Wildman–Crippen MR) is 52.5 cm³/mol. The molecule has 0 unspecified atom stereocenters. The fraction of sp³-hybridized carbons (Fsp3) is 0.200. The number of rotatable bonds is 3. The van der Waals surface area contributed by atoms with E-state index in [4.69, 9.17) is 5.11 Å². The van der Waals surface area contributed by atoms with Gasteiger partial charge in [0.05, 0.1) is 0 Å². The lowest BCUT2D eigenvalue weighted by Gasteiger charge is -2.08. The van der Waals surface area contributed by atoms with Crippen LogP contribution >= 0.6 is 0 Å². The van der Waals surface area contributed by atoms with Crippen LogP contribution in [0.1, 0.15) is 17.4 Å². The van der Waals surface area contributed by atoms with Crippen molar-refractivity contribution in [3.05, 3.63) is 46.4 Å². The topological polar surface area (TPSA) is 59.3 Å². The van der Waals surface area contributed by atoms with Crippen LogP contribution in [-0.2, 0) is 6.54 Å². The van der Waals surface area contributed by atoms with Crippen molar-refractivity contribution in [2.75, 3.05) is 0 Å². The van der Waals surface area contributed by atoms with E-state index in [0.717, 1.165) is 5.57 Å². The third-order valence-corrected chi connectivity index (χ3v) is 1.70. The molecule has 0 radical (unpaired) electrons. The monoisotopic (exact) mass is 193 g/mol. The maximum atomic E-state index is 11.3. The van der Waals surface area contributed by atoms with E-state index in [-0.39, 0.29) is 17.8 Å². The van der Waals surface area contributed by atoms with Gasteiger partial charge in [0, 0.05) is 12.6 Å². The number of nitrogens with zero attached hydrogens (tertiary/aromatic N) is 1. The molecular formula is C10H11NO3. The second-order valence-electron chi connectivity index (χ2n) is 3.10. The first kappa shape index (κ1) is 10.2. The number of aromatic nitrogens is 1. The molecule has 0 saturated heterocycles. The van der Waals surface area contributed by atoms with Crippen molar-refractivity contribution >= 4 is 5.97 Å². The van der Waals surface area contributed by atoms with E-state index >= 15 is 0 Å². The van der Waals surface area contributed by atoms with Crippen LogP contribution in [0.3, 0.4) is 0 Å². The van der Waals surface area contributed by atoms with Gasteiger partial charge >= 0.3 is 5.97 Å². The van der Waals surface area contributed by atoms with Gasteiger partial charge in [0.25, 0.3) is 5.56 Å². The molecule has 1 N–H and O–H groups in total. The zero-order valence-electron chi connectivity index (χ0n) is 7.86. The molecule has 0 fully saturated rings. The number of carboxylic acid groups (broad SMARTS) is 1. The Labute approximate surface area is 81.1 Å². The molecule has 0 aliphatic heterocycles. The van der Waals surface area contributed by atoms with Crippen LogP contribution in [0.2, 0.25) is 0 Å². The van der Waals surface area contributed by atoms with Gasteiger partial charge in [-0.25, -0.2) is 4.79 Å². The van der Waals surface area contributed by atoms with Crippen LogP contribution in [0.5, 0.6) is 0 Å². The average Bonchev–Trinajstić information content (AvgIpc) is 2.07. The van der Waals surface area contributed by atoms with E-state index in [1.165, 1.54) is 22.8 Å². The quantitative estimate of drug-likeness (QED) is 0.732. The van der Waals surface area contributed by atoms with Crippen molar-refractivity contribution in [2.24, 2.45) is 0 Å². The Morgan fingerprint density at radius 1 is 1.57 bits per heavy atom. The zero-order chi connectivity index (χ0) is 10.7. The first-order chi connectivity index (χ1) is 6.52. The minimum absolute atomic E-state index is 0.0134. The molecule has 0 aromatic carbocycles. The number of carbonyl (C=O) groups is 1. The number of carboxylic acids is 1. The van der Waals surface area contributed by atoms with E-state index in [2.05, 4.69) is 6.58 Å². The molecule has 1 rings (SSSR count). The molecule has 4 nitrogen and oxygen atoms in total. The summed E-state index contributed by atoms with van der Waals surface area (Å²) in [7, 11) is 0. The summed E-state index contributed by atoms with van der Waals surface area (Å²) in [5, 5.41) is 8.81. The largest absolute Gasteiger partial charge is 0.477 e. The number of hydrogen-bond donors (Lipinski definition) is 1. The summed E-state index contributed by atoms with van der Waals surface area (Å²) in [5.41, 5.74) is 0.397. The van der Waals surface area contributed by atoms with E-state index in [1.54, 1.807) is 6.92 Å². The molecule has 74 valence electrons. The van der Waals surface area contributed by atoms with Gasteiger partial charge in [0.1, 0.15) is 5.69 Å². The summed E-state index contributed by atoms with van der Waals surface area (Å²) in [6.07, 6.45) is 0. The van der Waals surface area contributed by atoms with E-state index in [1.807, 2.05) is 0 Å². The Bertz CT molecular complexity index is 431. The molecule has 1 aromatic rings. The minimum atomic E-state index is -1.11. The smallest absolute Gasteiger partial charge is 0.352 e. The highest BCUT2D eigenvalue weighted by Crippen LogP contribution is 2.00. The van der Waals surface area contributed by atoms with Gasteiger partial charge < -0.3 is 5.11 Å². The van der Waals surface area contributed by atoms with E-state index < -0.39 is 5.97 Å². The van der Waals surface area contributed by atoms with Gasteiger partial charge in [0.15, 0.2) is 0 Å². The molecule has 0 aliphatic rings. The van der Waals surface area contributed by atoms with Crippen LogP contribution in [0.25, 0.3) is 0 Å². The normalized spacial score (nSPS) is 9.79. The van der Waals surface area contributed by atoms with Crippen LogP contribution < -0.4 is 5.56 Å². The van der Waals surface area contributed by atoms with Gasteiger partial charge in [-0.15, -0.1) is 0 Å².